The predicted molar refractivity (Wildman–Crippen MR) is 61.7 cm³/mol. The topological polar surface area (TPSA) is 43.8 Å². The maximum atomic E-state index is 13.9. The zero-order valence-corrected chi connectivity index (χ0v) is 9.40. The smallest absolute Gasteiger partial charge is 0.292 e. The highest BCUT2D eigenvalue weighted by Crippen LogP contribution is 2.29. The van der Waals surface area contributed by atoms with Gasteiger partial charge in [0.05, 0.1) is 0 Å². The van der Waals surface area contributed by atoms with E-state index in [0.29, 0.717) is 5.69 Å². The standard InChI is InChI=1S/C12H13F2N3/c1-9-7-11(15)16-17(9)8-12(13,14)10-5-3-2-4-6-10/h2-7H,8H2,1H3,(H2,15,16). The molecule has 0 bridgehead atoms. The first kappa shape index (κ1) is 11.6. The number of nitrogen functional groups attached to an aromatic ring is 1. The molecule has 0 aliphatic carbocycles. The molecule has 0 unspecified atom stereocenters. The molecule has 0 fully saturated rings. The number of rotatable bonds is 3. The summed E-state index contributed by atoms with van der Waals surface area (Å²) in [5.41, 5.74) is 6.06. The highest BCUT2D eigenvalue weighted by molar-refractivity contribution is 5.29. The summed E-state index contributed by atoms with van der Waals surface area (Å²) < 4.78 is 29.1. The van der Waals surface area contributed by atoms with Crippen molar-refractivity contribution < 1.29 is 8.78 Å². The number of halogens is 2. The van der Waals surface area contributed by atoms with Crippen LogP contribution in [0.5, 0.6) is 0 Å². The first-order valence-corrected chi connectivity index (χ1v) is 5.22. The molecule has 0 spiro atoms. The number of nitrogens with two attached hydrogens (primary N) is 1. The van der Waals surface area contributed by atoms with Crippen molar-refractivity contribution >= 4 is 5.82 Å². The van der Waals surface area contributed by atoms with E-state index in [1.807, 2.05) is 0 Å². The summed E-state index contributed by atoms with van der Waals surface area (Å²) in [6, 6.07) is 9.27. The maximum absolute atomic E-state index is 13.9. The van der Waals surface area contributed by atoms with Crippen molar-refractivity contribution in [3.05, 3.63) is 47.7 Å². The molecule has 1 aromatic carbocycles. The van der Waals surface area contributed by atoms with Gasteiger partial charge in [0, 0.05) is 17.3 Å². The lowest BCUT2D eigenvalue weighted by atomic mass is 10.1. The van der Waals surface area contributed by atoms with Gasteiger partial charge in [0.2, 0.25) is 0 Å². The first-order valence-electron chi connectivity index (χ1n) is 5.22. The van der Waals surface area contributed by atoms with Crippen molar-refractivity contribution in [2.75, 3.05) is 5.73 Å². The van der Waals surface area contributed by atoms with Crippen LogP contribution in [0.15, 0.2) is 36.4 Å². The van der Waals surface area contributed by atoms with Crippen LogP contribution in [0.25, 0.3) is 0 Å². The van der Waals surface area contributed by atoms with Crippen molar-refractivity contribution in [2.24, 2.45) is 0 Å². The molecule has 90 valence electrons. The van der Waals surface area contributed by atoms with Gasteiger partial charge in [0.25, 0.3) is 5.92 Å². The zero-order valence-electron chi connectivity index (χ0n) is 9.40. The first-order chi connectivity index (χ1) is 7.99. The summed E-state index contributed by atoms with van der Waals surface area (Å²) >= 11 is 0. The van der Waals surface area contributed by atoms with Crippen LogP contribution in [0.1, 0.15) is 11.3 Å². The van der Waals surface area contributed by atoms with E-state index >= 15 is 0 Å². The van der Waals surface area contributed by atoms with E-state index in [0.717, 1.165) is 0 Å². The Morgan fingerprint density at radius 1 is 1.29 bits per heavy atom. The van der Waals surface area contributed by atoms with Crippen LogP contribution in [-0.4, -0.2) is 9.78 Å². The normalized spacial score (nSPS) is 11.7. The van der Waals surface area contributed by atoms with Crippen molar-refractivity contribution in [2.45, 2.75) is 19.4 Å². The quantitative estimate of drug-likeness (QED) is 0.891. The van der Waals surface area contributed by atoms with Gasteiger partial charge < -0.3 is 5.73 Å². The predicted octanol–water partition coefficient (Wildman–Crippen LogP) is 2.57. The summed E-state index contributed by atoms with van der Waals surface area (Å²) in [5, 5.41) is 3.84. The van der Waals surface area contributed by atoms with Crippen LogP contribution in [0, 0.1) is 6.92 Å². The van der Waals surface area contributed by atoms with Gasteiger partial charge in [0.15, 0.2) is 0 Å². The molecule has 1 heterocycles. The van der Waals surface area contributed by atoms with Gasteiger partial charge in [-0.1, -0.05) is 30.3 Å². The Hall–Kier alpha value is -1.91. The minimum atomic E-state index is -2.95. The van der Waals surface area contributed by atoms with E-state index in [1.165, 1.54) is 16.8 Å². The monoisotopic (exact) mass is 237 g/mol. The van der Waals surface area contributed by atoms with Crippen LogP contribution in [0.4, 0.5) is 14.6 Å². The molecule has 0 radical (unpaired) electrons. The van der Waals surface area contributed by atoms with E-state index in [1.54, 1.807) is 31.2 Å². The summed E-state index contributed by atoms with van der Waals surface area (Å²) in [7, 11) is 0. The molecule has 5 heteroatoms. The van der Waals surface area contributed by atoms with E-state index in [9.17, 15) is 8.78 Å². The average molecular weight is 237 g/mol. The number of aromatic nitrogens is 2. The second kappa shape index (κ2) is 4.16. The Morgan fingerprint density at radius 2 is 1.94 bits per heavy atom. The number of anilines is 1. The molecule has 0 aliphatic heterocycles. The third-order valence-electron chi connectivity index (χ3n) is 2.54. The molecular formula is C12H13F2N3. The summed E-state index contributed by atoms with van der Waals surface area (Å²) in [6.07, 6.45) is 0. The molecule has 0 aliphatic rings. The number of nitrogens with zero attached hydrogens (tertiary/aromatic N) is 2. The van der Waals surface area contributed by atoms with Crippen LogP contribution in [0.3, 0.4) is 0 Å². The molecule has 0 saturated heterocycles. The van der Waals surface area contributed by atoms with Crippen molar-refractivity contribution in [3.8, 4) is 0 Å². The summed E-state index contributed by atoms with van der Waals surface area (Å²) in [6.45, 7) is 1.20. The highest BCUT2D eigenvalue weighted by atomic mass is 19.3. The van der Waals surface area contributed by atoms with E-state index in [-0.39, 0.29) is 11.4 Å². The molecule has 1 aromatic heterocycles. The van der Waals surface area contributed by atoms with Crippen LogP contribution < -0.4 is 5.73 Å². The van der Waals surface area contributed by atoms with Gasteiger partial charge in [-0.2, -0.15) is 13.9 Å². The lowest BCUT2D eigenvalue weighted by molar-refractivity contribution is -0.0258. The largest absolute Gasteiger partial charge is 0.382 e. The molecule has 2 rings (SSSR count). The van der Waals surface area contributed by atoms with Gasteiger partial charge in [-0.3, -0.25) is 4.68 Å². The van der Waals surface area contributed by atoms with Gasteiger partial charge in [-0.15, -0.1) is 0 Å². The van der Waals surface area contributed by atoms with E-state index < -0.39 is 12.5 Å². The van der Waals surface area contributed by atoms with E-state index in [2.05, 4.69) is 5.10 Å². The lowest BCUT2D eigenvalue weighted by Crippen LogP contribution is -2.22. The molecular weight excluding hydrogens is 224 g/mol. The Morgan fingerprint density at radius 3 is 2.47 bits per heavy atom. The number of aryl methyl sites for hydroxylation is 1. The highest BCUT2D eigenvalue weighted by Gasteiger charge is 2.32. The second-order valence-corrected chi connectivity index (χ2v) is 3.94. The minimum Gasteiger partial charge on any atom is -0.382 e. The zero-order chi connectivity index (χ0) is 12.5. The average Bonchev–Trinajstić information content (AvgIpc) is 2.58. The Labute approximate surface area is 97.9 Å². The van der Waals surface area contributed by atoms with Gasteiger partial charge in [0.1, 0.15) is 12.4 Å². The molecule has 3 nitrogen and oxygen atoms in total. The van der Waals surface area contributed by atoms with Gasteiger partial charge >= 0.3 is 0 Å². The van der Waals surface area contributed by atoms with Gasteiger partial charge in [-0.25, -0.2) is 0 Å². The summed E-state index contributed by atoms with van der Waals surface area (Å²) in [4.78, 5) is 0. The SMILES string of the molecule is Cc1cc(N)nn1CC(F)(F)c1ccccc1. The minimum absolute atomic E-state index is 0.0199. The van der Waals surface area contributed by atoms with Crippen molar-refractivity contribution in [1.29, 1.82) is 0 Å². The van der Waals surface area contributed by atoms with Crippen molar-refractivity contribution in [3.63, 3.8) is 0 Å². The van der Waals surface area contributed by atoms with Gasteiger partial charge in [-0.05, 0) is 6.92 Å². The summed E-state index contributed by atoms with van der Waals surface area (Å²) in [5.74, 6) is -2.70. The van der Waals surface area contributed by atoms with Crippen molar-refractivity contribution in [1.82, 2.24) is 9.78 Å². The third-order valence-corrected chi connectivity index (χ3v) is 2.54. The van der Waals surface area contributed by atoms with Crippen LogP contribution >= 0.6 is 0 Å². The van der Waals surface area contributed by atoms with Crippen LogP contribution in [0.2, 0.25) is 0 Å². The fraction of sp³-hybridized carbons (Fsp3) is 0.250. The van der Waals surface area contributed by atoms with Crippen LogP contribution in [-0.2, 0) is 12.5 Å². The molecule has 0 atom stereocenters. The molecule has 2 N–H and O–H groups in total. The second-order valence-electron chi connectivity index (χ2n) is 3.94. The maximum Gasteiger partial charge on any atom is 0.292 e. The molecule has 17 heavy (non-hydrogen) atoms. The number of hydrogen-bond acceptors (Lipinski definition) is 2. The fourth-order valence-corrected chi connectivity index (χ4v) is 1.66. The lowest BCUT2D eigenvalue weighted by Gasteiger charge is -2.17. The Bertz CT molecular complexity index is 506. The molecule has 0 amide bonds. The Kier molecular flexibility index (Phi) is 2.83. The molecule has 2 aromatic rings. The number of alkyl halides is 2. The molecule has 0 saturated carbocycles. The third kappa shape index (κ3) is 2.43. The fourth-order valence-electron chi connectivity index (χ4n) is 1.66. The van der Waals surface area contributed by atoms with E-state index in [4.69, 9.17) is 5.73 Å². The number of hydrogen-bond donors (Lipinski definition) is 1. The Balaban J connectivity index is 2.26. The number of benzene rings is 1.